The first-order valence-electron chi connectivity index (χ1n) is 10.5. The number of hydrogen-bond donors (Lipinski definition) is 0. The van der Waals surface area contributed by atoms with Gasteiger partial charge in [0.15, 0.2) is 5.69 Å². The number of aryl methyl sites for hydroxylation is 2. The van der Waals surface area contributed by atoms with E-state index in [2.05, 4.69) is 15.3 Å². The molecule has 9 nitrogen and oxygen atoms in total. The summed E-state index contributed by atoms with van der Waals surface area (Å²) in [5.41, 5.74) is 4.20. The number of hydrogen-bond acceptors (Lipinski definition) is 7. The van der Waals surface area contributed by atoms with Gasteiger partial charge in [0.1, 0.15) is 12.4 Å². The second kappa shape index (κ2) is 9.75. The molecule has 1 fully saturated rings. The molecule has 11 heteroatoms. The van der Waals surface area contributed by atoms with Crippen LogP contribution in [0.25, 0.3) is 5.69 Å². The van der Waals surface area contributed by atoms with Crippen LogP contribution in [0.3, 0.4) is 0 Å². The van der Waals surface area contributed by atoms with Gasteiger partial charge >= 0.3 is 0 Å². The normalized spacial score (nSPS) is 15.8. The maximum atomic E-state index is 13.4. The number of carbonyl (C=O) groups is 2. The Morgan fingerprint density at radius 2 is 2.15 bits per heavy atom. The molecule has 1 aliphatic heterocycles. The third-order valence-electron chi connectivity index (χ3n) is 5.81. The number of benzene rings is 1. The van der Waals surface area contributed by atoms with Crippen molar-refractivity contribution in [2.45, 2.75) is 32.9 Å². The molecule has 1 aromatic carbocycles. The van der Waals surface area contributed by atoms with Crippen molar-refractivity contribution in [3.05, 3.63) is 57.6 Å². The fraction of sp³-hybridized carbons (Fsp3) is 0.409. The topological polar surface area (TPSA) is 93.5 Å². The standard InChI is InChI=1S/C22H25FN6O3S/c1-14-8-16(23)4-5-19(14)29-10-18(25-26-29)22(31)27(3)17-6-7-28(9-17)21(30)12-32-11-20-15(2)24-13-33-20/h4-5,8,10,13,17H,6-7,9,11-12H2,1-3H3. The van der Waals surface area contributed by atoms with Crippen LogP contribution < -0.4 is 0 Å². The van der Waals surface area contributed by atoms with E-state index in [1.807, 2.05) is 6.92 Å². The van der Waals surface area contributed by atoms with Gasteiger partial charge < -0.3 is 14.5 Å². The van der Waals surface area contributed by atoms with Gasteiger partial charge in [0.2, 0.25) is 5.91 Å². The molecule has 2 aromatic heterocycles. The van der Waals surface area contributed by atoms with E-state index in [9.17, 15) is 14.0 Å². The Hall–Kier alpha value is -3.18. The Balaban J connectivity index is 1.32. The minimum absolute atomic E-state index is 0.00688. The number of ether oxygens (including phenoxy) is 1. The summed E-state index contributed by atoms with van der Waals surface area (Å²) in [5.74, 6) is -0.716. The molecular weight excluding hydrogens is 447 g/mol. The lowest BCUT2D eigenvalue weighted by atomic mass is 10.2. The molecule has 0 bridgehead atoms. The molecule has 0 radical (unpaired) electrons. The first kappa shape index (κ1) is 23.0. The maximum absolute atomic E-state index is 13.4. The van der Waals surface area contributed by atoms with E-state index in [0.29, 0.717) is 37.4 Å². The highest BCUT2D eigenvalue weighted by atomic mass is 32.1. The van der Waals surface area contributed by atoms with E-state index < -0.39 is 0 Å². The molecule has 33 heavy (non-hydrogen) atoms. The summed E-state index contributed by atoms with van der Waals surface area (Å²) in [6, 6.07) is 4.21. The second-order valence-electron chi connectivity index (χ2n) is 8.03. The molecular formula is C22H25FN6O3S. The molecule has 1 aliphatic rings. The second-order valence-corrected chi connectivity index (χ2v) is 8.97. The van der Waals surface area contributed by atoms with Crippen molar-refractivity contribution in [1.29, 1.82) is 0 Å². The lowest BCUT2D eigenvalue weighted by molar-refractivity contribution is -0.135. The van der Waals surface area contributed by atoms with Crippen LogP contribution in [-0.2, 0) is 16.1 Å². The minimum atomic E-state index is -0.336. The zero-order chi connectivity index (χ0) is 23.5. The Kier molecular flexibility index (Phi) is 6.80. The lowest BCUT2D eigenvalue weighted by Crippen LogP contribution is -2.40. The first-order chi connectivity index (χ1) is 15.8. The minimum Gasteiger partial charge on any atom is -0.366 e. The molecule has 3 heterocycles. The SMILES string of the molecule is Cc1cc(F)ccc1-n1cc(C(=O)N(C)C2CCN(C(=O)COCc3scnc3C)C2)nn1. The Labute approximate surface area is 194 Å². The summed E-state index contributed by atoms with van der Waals surface area (Å²) in [5, 5.41) is 8.02. The average Bonchev–Trinajstić information content (AvgIpc) is 3.54. The number of likely N-dealkylation sites (tertiary alicyclic amines) is 1. The highest BCUT2D eigenvalue weighted by molar-refractivity contribution is 7.09. The van der Waals surface area contributed by atoms with Crippen LogP contribution in [-0.4, -0.2) is 74.4 Å². The number of amides is 2. The predicted octanol–water partition coefficient (Wildman–Crippen LogP) is 2.37. The van der Waals surface area contributed by atoms with Gasteiger partial charge in [0.25, 0.3) is 5.91 Å². The van der Waals surface area contributed by atoms with Gasteiger partial charge in [-0.05, 0) is 44.0 Å². The Bertz CT molecular complexity index is 1160. The van der Waals surface area contributed by atoms with Gasteiger partial charge in [0, 0.05) is 20.1 Å². The van der Waals surface area contributed by atoms with Gasteiger partial charge in [-0.1, -0.05) is 5.21 Å². The van der Waals surface area contributed by atoms with Crippen LogP contribution in [0.4, 0.5) is 4.39 Å². The number of halogens is 1. The highest BCUT2D eigenvalue weighted by Crippen LogP contribution is 2.19. The van der Waals surface area contributed by atoms with Crippen molar-refractivity contribution in [1.82, 2.24) is 29.8 Å². The van der Waals surface area contributed by atoms with Crippen molar-refractivity contribution < 1.29 is 18.7 Å². The number of carbonyl (C=O) groups excluding carboxylic acids is 2. The molecule has 0 saturated carbocycles. The number of nitrogens with zero attached hydrogens (tertiary/aromatic N) is 6. The monoisotopic (exact) mass is 472 g/mol. The fourth-order valence-corrected chi connectivity index (χ4v) is 4.49. The fourth-order valence-electron chi connectivity index (χ4n) is 3.77. The van der Waals surface area contributed by atoms with E-state index in [0.717, 1.165) is 10.6 Å². The molecule has 1 unspecified atom stereocenters. The first-order valence-corrected chi connectivity index (χ1v) is 11.4. The summed E-state index contributed by atoms with van der Waals surface area (Å²) in [7, 11) is 1.70. The third-order valence-corrected chi connectivity index (χ3v) is 6.71. The molecule has 174 valence electrons. The van der Waals surface area contributed by atoms with E-state index >= 15 is 0 Å². The predicted molar refractivity (Wildman–Crippen MR) is 120 cm³/mol. The maximum Gasteiger partial charge on any atom is 0.276 e. The average molecular weight is 473 g/mol. The molecule has 0 aliphatic carbocycles. The summed E-state index contributed by atoms with van der Waals surface area (Å²) in [6.07, 6.45) is 2.21. The molecule has 3 aromatic rings. The van der Waals surface area contributed by atoms with Crippen LogP contribution in [0.2, 0.25) is 0 Å². The van der Waals surface area contributed by atoms with Gasteiger partial charge in [-0.15, -0.1) is 16.4 Å². The van der Waals surface area contributed by atoms with Gasteiger partial charge in [0.05, 0.1) is 40.6 Å². The summed E-state index contributed by atoms with van der Waals surface area (Å²) in [6.45, 7) is 5.03. The van der Waals surface area contributed by atoms with Crippen molar-refractivity contribution in [2.24, 2.45) is 0 Å². The van der Waals surface area contributed by atoms with E-state index in [4.69, 9.17) is 4.74 Å². The number of likely N-dealkylation sites (N-methyl/N-ethyl adjacent to an activating group) is 1. The van der Waals surface area contributed by atoms with Crippen LogP contribution in [0.1, 0.15) is 33.0 Å². The molecule has 0 N–H and O–H groups in total. The van der Waals surface area contributed by atoms with Crippen molar-refractivity contribution >= 4 is 23.2 Å². The summed E-state index contributed by atoms with van der Waals surface area (Å²) < 4.78 is 20.4. The van der Waals surface area contributed by atoms with Crippen LogP contribution in [0.5, 0.6) is 0 Å². The smallest absolute Gasteiger partial charge is 0.276 e. The lowest BCUT2D eigenvalue weighted by Gasteiger charge is -2.24. The van der Waals surface area contributed by atoms with Crippen LogP contribution >= 0.6 is 11.3 Å². The largest absolute Gasteiger partial charge is 0.366 e. The Morgan fingerprint density at radius 3 is 2.88 bits per heavy atom. The van der Waals surface area contributed by atoms with Crippen LogP contribution in [0.15, 0.2) is 29.9 Å². The summed E-state index contributed by atoms with van der Waals surface area (Å²) >= 11 is 1.51. The van der Waals surface area contributed by atoms with Gasteiger partial charge in [-0.3, -0.25) is 9.59 Å². The molecule has 1 saturated heterocycles. The summed E-state index contributed by atoms with van der Waals surface area (Å²) in [4.78, 5) is 34.0. The number of thiazole rings is 1. The van der Waals surface area contributed by atoms with Crippen molar-refractivity contribution in [3.8, 4) is 5.69 Å². The quantitative estimate of drug-likeness (QED) is 0.524. The number of rotatable bonds is 7. The zero-order valence-corrected chi connectivity index (χ0v) is 19.5. The van der Waals surface area contributed by atoms with Gasteiger partial charge in [-0.25, -0.2) is 14.1 Å². The van der Waals surface area contributed by atoms with E-state index in [1.165, 1.54) is 34.3 Å². The zero-order valence-electron chi connectivity index (χ0n) is 18.7. The molecule has 1 atom stereocenters. The van der Waals surface area contributed by atoms with Crippen molar-refractivity contribution in [3.63, 3.8) is 0 Å². The Morgan fingerprint density at radius 1 is 1.33 bits per heavy atom. The third kappa shape index (κ3) is 5.09. The number of aromatic nitrogens is 4. The van der Waals surface area contributed by atoms with Gasteiger partial charge in [-0.2, -0.15) is 0 Å². The van der Waals surface area contributed by atoms with E-state index in [1.54, 1.807) is 35.3 Å². The highest BCUT2D eigenvalue weighted by Gasteiger charge is 2.32. The van der Waals surface area contributed by atoms with Crippen LogP contribution in [0, 0.1) is 19.7 Å². The molecule has 0 spiro atoms. The molecule has 4 rings (SSSR count). The van der Waals surface area contributed by atoms with Crippen molar-refractivity contribution in [2.75, 3.05) is 26.7 Å². The molecule has 2 amide bonds. The van der Waals surface area contributed by atoms with E-state index in [-0.39, 0.29) is 36.0 Å².